The van der Waals surface area contributed by atoms with Crippen molar-refractivity contribution in [2.24, 2.45) is 21.1 Å². The molecule has 96 heavy (non-hydrogen) atoms. The van der Waals surface area contributed by atoms with Crippen LogP contribution >= 0.6 is 0 Å². The quantitative estimate of drug-likeness (QED) is 0.165. The highest BCUT2D eigenvalue weighted by Gasteiger charge is 2.30. The van der Waals surface area contributed by atoms with Crippen molar-refractivity contribution in [2.45, 2.75) is 20.8 Å². The van der Waals surface area contributed by atoms with Gasteiger partial charge in [-0.15, -0.1) is 0 Å². The van der Waals surface area contributed by atoms with E-state index < -0.39 is 0 Å². The summed E-state index contributed by atoms with van der Waals surface area (Å²) in [5.74, 6) is 0.911. The van der Waals surface area contributed by atoms with Gasteiger partial charge in [0, 0.05) is 5.56 Å². The molecule has 0 N–H and O–H groups in total. The summed E-state index contributed by atoms with van der Waals surface area (Å²) in [4.78, 5) is 17.6. The van der Waals surface area contributed by atoms with Crippen molar-refractivity contribution in [2.75, 3.05) is 0 Å². The molecule has 456 valence electrons. The molecule has 0 bridgehead atoms. The van der Waals surface area contributed by atoms with Crippen LogP contribution in [0.4, 0.5) is 0 Å². The molecule has 12 aromatic carbocycles. The van der Waals surface area contributed by atoms with Crippen LogP contribution in [-0.2, 0) is 21.1 Å². The van der Waals surface area contributed by atoms with Gasteiger partial charge in [0.1, 0.15) is 14.1 Å². The predicted molar refractivity (Wildman–Crippen MR) is 390 cm³/mol. The van der Waals surface area contributed by atoms with Crippen molar-refractivity contribution < 1.29 is 13.7 Å². The lowest BCUT2D eigenvalue weighted by Crippen LogP contribution is -2.32. The highest BCUT2D eigenvalue weighted by Crippen LogP contribution is 2.53. The average Bonchev–Trinajstić information content (AvgIpc) is 0.749. The zero-order chi connectivity index (χ0) is 65.0. The molecule has 3 heterocycles. The number of hydrogen-bond acceptors (Lipinski definition) is 4. The Labute approximate surface area is 561 Å². The molecule has 0 fully saturated rings. The number of nitrogens with zero attached hydrogens (tertiary/aromatic N) is 7. The summed E-state index contributed by atoms with van der Waals surface area (Å²) >= 11 is 0. The Morgan fingerprint density at radius 3 is 0.906 bits per heavy atom. The monoisotopic (exact) mass is 1230 g/mol. The van der Waals surface area contributed by atoms with Crippen LogP contribution in [0.25, 0.3) is 167 Å². The Morgan fingerprint density at radius 2 is 0.542 bits per heavy atom. The van der Waals surface area contributed by atoms with Crippen LogP contribution in [0.1, 0.15) is 16.7 Å². The van der Waals surface area contributed by atoms with E-state index in [0.29, 0.717) is 0 Å². The molecular weight excluding hydrogens is 1170 g/mol. The summed E-state index contributed by atoms with van der Waals surface area (Å²) in [6, 6.07) is 92.7. The number of fused-ring (bicyclic) bond motifs is 24. The van der Waals surface area contributed by atoms with Crippen LogP contribution in [0, 0.1) is 20.8 Å². The average molecular weight is 1240 g/mol. The van der Waals surface area contributed by atoms with Gasteiger partial charge in [-0.1, -0.05) is 240 Å². The minimum atomic E-state index is 0.911. The van der Waals surface area contributed by atoms with Crippen molar-refractivity contribution in [1.82, 2.24) is 19.9 Å². The summed E-state index contributed by atoms with van der Waals surface area (Å²) in [5, 5.41) is 0. The van der Waals surface area contributed by atoms with Crippen LogP contribution in [0.2, 0.25) is 0 Å². The summed E-state index contributed by atoms with van der Waals surface area (Å²) < 4.78 is 6.28. The van der Waals surface area contributed by atoms with Crippen LogP contribution in [0.3, 0.4) is 0 Å². The highest BCUT2D eigenvalue weighted by molar-refractivity contribution is 6.09. The Hall–Kier alpha value is -12.2. The highest BCUT2D eigenvalue weighted by atomic mass is 15.1. The molecule has 0 saturated carbocycles. The topological polar surface area (TPSA) is 63.2 Å². The molecule has 18 rings (SSSR count). The van der Waals surface area contributed by atoms with E-state index in [4.69, 9.17) is 0 Å². The molecule has 0 radical (unpaired) electrons. The second-order valence-corrected chi connectivity index (χ2v) is 25.1. The summed E-state index contributed by atoms with van der Waals surface area (Å²) in [5.41, 5.74) is 39.8. The van der Waals surface area contributed by atoms with Gasteiger partial charge in [0.05, 0.1) is 48.5 Å². The number of benzene rings is 12. The first-order chi connectivity index (χ1) is 47.2. The van der Waals surface area contributed by atoms with Crippen LogP contribution in [0.15, 0.2) is 305 Å². The second-order valence-electron chi connectivity index (χ2n) is 25.1. The zero-order valence-corrected chi connectivity index (χ0v) is 54.5. The van der Waals surface area contributed by atoms with E-state index in [1.807, 2.05) is 48.8 Å². The molecule has 0 amide bonds. The molecule has 7 heteroatoms. The Bertz CT molecular complexity index is 5270. The lowest BCUT2D eigenvalue weighted by atomic mass is 9.78. The fourth-order valence-corrected chi connectivity index (χ4v) is 14.9. The maximum atomic E-state index is 4.59. The van der Waals surface area contributed by atoms with E-state index in [-0.39, 0.29) is 0 Å². The van der Waals surface area contributed by atoms with Gasteiger partial charge in [0.15, 0.2) is 12.4 Å². The zero-order valence-electron chi connectivity index (χ0n) is 54.5. The smallest absolute Gasteiger partial charge is 0.252 e. The van der Waals surface area contributed by atoms with Crippen LogP contribution in [0.5, 0.6) is 0 Å². The lowest BCUT2D eigenvalue weighted by Gasteiger charge is -2.25. The van der Waals surface area contributed by atoms with E-state index in [1.54, 1.807) is 12.7 Å². The maximum Gasteiger partial charge on any atom is 0.273 e. The van der Waals surface area contributed by atoms with Crippen LogP contribution < -0.4 is 13.7 Å². The normalized spacial score (nSPS) is 11.4. The molecular formula is C89H68N7+3. The third-order valence-electron chi connectivity index (χ3n) is 19.4. The third kappa shape index (κ3) is 10.2. The van der Waals surface area contributed by atoms with Crippen molar-refractivity contribution in [3.05, 3.63) is 321 Å². The molecule has 3 aromatic heterocycles. The predicted octanol–water partition coefficient (Wildman–Crippen LogP) is 20.0. The number of rotatable bonds is 3. The summed E-state index contributed by atoms with van der Waals surface area (Å²) in [6.07, 6.45) is 15.0. The summed E-state index contributed by atoms with van der Waals surface area (Å²) in [7, 11) is 6.16. The van der Waals surface area contributed by atoms with Crippen LogP contribution in [-0.4, -0.2) is 19.9 Å². The van der Waals surface area contributed by atoms with Gasteiger partial charge in [0.2, 0.25) is 17.7 Å². The Morgan fingerprint density at radius 1 is 0.240 bits per heavy atom. The first kappa shape index (κ1) is 58.9. The molecule has 0 saturated heterocycles. The number of aryl methyl sites for hydroxylation is 6. The fourth-order valence-electron chi connectivity index (χ4n) is 14.9. The Balaban J connectivity index is 0.000000113. The van der Waals surface area contributed by atoms with Crippen molar-refractivity contribution in [1.29, 1.82) is 0 Å². The standard InChI is InChI=1S/2C30H23N2.C29H22N3/c1-20-17-28-25-13-7-5-11-23(25)21-9-3-4-10-22(21)24-12-6-8-14-26(24)29(28)18-27(20)30-19-31-15-16-32(30)2;1-20-15-16-27-25-13-6-5-11-23(25)21-9-3-4-10-22(21)24-12-7-8-14-26(24)30(27)29(20)28-19-31-17-18-32(28)2;1-19-15-27-24-13-7-5-11-22(24)20-9-3-4-10-21(20)23-12-6-8-14-25(23)28(27)16-26(19)29-31-17-30-18-32(29)2/h2*3-19H,1-2H3;3-18H,1-2H3/q3*+1. The van der Waals surface area contributed by atoms with Gasteiger partial charge < -0.3 is 0 Å². The summed E-state index contributed by atoms with van der Waals surface area (Å²) in [6.45, 7) is 6.56. The van der Waals surface area contributed by atoms with Gasteiger partial charge in [-0.05, 0) is 190 Å². The van der Waals surface area contributed by atoms with Gasteiger partial charge >= 0.3 is 0 Å². The molecule has 0 atom stereocenters. The lowest BCUT2D eigenvalue weighted by molar-refractivity contribution is -0.666. The first-order valence-corrected chi connectivity index (χ1v) is 32.7. The molecule has 7 nitrogen and oxygen atoms in total. The van der Waals surface area contributed by atoms with Crippen molar-refractivity contribution in [3.63, 3.8) is 0 Å². The van der Waals surface area contributed by atoms with Gasteiger partial charge in [-0.3, -0.25) is 9.97 Å². The third-order valence-corrected chi connectivity index (χ3v) is 19.4. The van der Waals surface area contributed by atoms with E-state index in [0.717, 1.165) is 22.8 Å². The SMILES string of the molecule is Cc1cc2c(cc1-c1cncc[n+]1C)-c1ccccc1-c1ccccc1-c1ccccc1-2.Cc1cc2c(cc1-c1ncnc[n+]1C)-c1ccccc1-c1ccccc1-c1ccccc1-2.Cc1ccc2c(c1-c1cncc[n+]1C)-c1ccccc1-c1ccccc1-c1ccccc1-2. The second kappa shape index (κ2) is 24.7. The molecule has 0 aliphatic heterocycles. The van der Waals surface area contributed by atoms with Gasteiger partial charge in [-0.2, -0.15) is 9.13 Å². The largest absolute Gasteiger partial charge is 0.273 e. The maximum absolute atomic E-state index is 4.59. The Kier molecular flexibility index (Phi) is 15.1. The molecule has 0 unspecified atom stereocenters. The van der Waals surface area contributed by atoms with E-state index in [9.17, 15) is 0 Å². The fraction of sp³-hybridized carbons (Fsp3) is 0.0674. The van der Waals surface area contributed by atoms with Crippen molar-refractivity contribution in [3.8, 4) is 167 Å². The van der Waals surface area contributed by atoms with Crippen molar-refractivity contribution >= 4 is 0 Å². The minimum absolute atomic E-state index is 0.911. The molecule has 3 aliphatic carbocycles. The number of aromatic nitrogens is 7. The number of hydrogen-bond donors (Lipinski definition) is 0. The van der Waals surface area contributed by atoms with E-state index in [1.165, 1.54) is 161 Å². The molecule has 15 aromatic rings. The molecule has 3 aliphatic rings. The minimum Gasteiger partial charge on any atom is -0.252 e. The van der Waals surface area contributed by atoms with E-state index in [2.05, 4.69) is 319 Å². The van der Waals surface area contributed by atoms with Gasteiger partial charge in [0.25, 0.3) is 12.2 Å². The first-order valence-electron chi connectivity index (χ1n) is 32.7. The molecule has 0 spiro atoms. The van der Waals surface area contributed by atoms with E-state index >= 15 is 0 Å². The van der Waals surface area contributed by atoms with Gasteiger partial charge in [-0.25, -0.2) is 4.57 Å².